The number of halogens is 2. The zero-order chi connectivity index (χ0) is 31.3. The van der Waals surface area contributed by atoms with Gasteiger partial charge in [-0.15, -0.1) is 0 Å². The average molecular weight is 657 g/mol. The molecule has 1 N–H and O–H groups in total. The largest absolute Gasteiger partial charge is 0.352 e. The van der Waals surface area contributed by atoms with Crippen molar-refractivity contribution in [3.8, 4) is 0 Å². The van der Waals surface area contributed by atoms with Gasteiger partial charge in [0.05, 0.1) is 5.56 Å². The predicted octanol–water partition coefficient (Wildman–Crippen LogP) is 6.01. The molecule has 0 spiro atoms. The van der Waals surface area contributed by atoms with Gasteiger partial charge in [0.2, 0.25) is 11.8 Å². The molecule has 5 rings (SSSR count). The molecule has 0 aromatic heterocycles. The number of nitrogens with zero attached hydrogens (tertiary/aromatic N) is 2. The maximum atomic E-state index is 14.0. The molecule has 0 saturated heterocycles. The second kappa shape index (κ2) is 14.1. The molecule has 0 bridgehead atoms. The summed E-state index contributed by atoms with van der Waals surface area (Å²) in [5.41, 5.74) is 1.64. The van der Waals surface area contributed by atoms with Gasteiger partial charge in [-0.1, -0.05) is 91.0 Å². The fourth-order valence-corrected chi connectivity index (χ4v) is 7.98. The van der Waals surface area contributed by atoms with Crippen LogP contribution in [-0.4, -0.2) is 54.0 Å². The van der Waals surface area contributed by atoms with Gasteiger partial charge in [0.15, 0.2) is 0 Å². The number of amides is 3. The van der Waals surface area contributed by atoms with Crippen LogP contribution in [0.3, 0.4) is 0 Å². The van der Waals surface area contributed by atoms with Crippen LogP contribution in [0.1, 0.15) is 66.4 Å². The molecule has 44 heavy (non-hydrogen) atoms. The zero-order valence-electron chi connectivity index (χ0n) is 24.3. The Balaban J connectivity index is 1.39. The summed E-state index contributed by atoms with van der Waals surface area (Å²) in [5, 5.41) is 4.01. The van der Waals surface area contributed by atoms with Crippen LogP contribution in [0.4, 0.5) is 0 Å². The van der Waals surface area contributed by atoms with Crippen molar-refractivity contribution in [3.63, 3.8) is 0 Å². The number of nitrogens with one attached hydrogen (secondary N) is 1. The fraction of sp³-hybridized carbons (Fsp3) is 0.364. The van der Waals surface area contributed by atoms with Crippen molar-refractivity contribution in [2.45, 2.75) is 74.9 Å². The van der Waals surface area contributed by atoms with Crippen LogP contribution in [0.5, 0.6) is 0 Å². The Labute approximate surface area is 268 Å². The molecule has 1 atom stereocenters. The molecule has 8 nitrogen and oxygen atoms in total. The molecule has 0 unspecified atom stereocenters. The Hall–Kier alpha value is -3.40. The number of rotatable bonds is 11. The summed E-state index contributed by atoms with van der Waals surface area (Å²) in [6, 6.07) is 19.8. The molecule has 1 heterocycles. The molecule has 0 radical (unpaired) electrons. The second-order valence-corrected chi connectivity index (χ2v) is 14.0. The first-order valence-electron chi connectivity index (χ1n) is 14.9. The molecule has 1 saturated carbocycles. The maximum Gasteiger partial charge on any atom is 0.269 e. The molecule has 2 aliphatic rings. The van der Waals surface area contributed by atoms with E-state index in [9.17, 15) is 22.8 Å². The quantitative estimate of drug-likeness (QED) is 0.273. The topological polar surface area (TPSA) is 104 Å². The summed E-state index contributed by atoms with van der Waals surface area (Å²) in [5.74, 6) is -1.20. The van der Waals surface area contributed by atoms with E-state index in [-0.39, 0.29) is 60.7 Å². The Bertz CT molecular complexity index is 1630. The first-order chi connectivity index (χ1) is 21.1. The van der Waals surface area contributed by atoms with Crippen molar-refractivity contribution in [3.05, 3.63) is 99.5 Å². The van der Waals surface area contributed by atoms with E-state index in [4.69, 9.17) is 23.2 Å². The molecular weight excluding hydrogens is 621 g/mol. The molecule has 11 heteroatoms. The summed E-state index contributed by atoms with van der Waals surface area (Å²) >= 11 is 12.7. The van der Waals surface area contributed by atoms with Crippen LogP contribution in [0.25, 0.3) is 0 Å². The van der Waals surface area contributed by atoms with Crippen molar-refractivity contribution >= 4 is 50.9 Å². The number of hydrogen-bond donors (Lipinski definition) is 1. The van der Waals surface area contributed by atoms with Crippen molar-refractivity contribution in [1.82, 2.24) is 14.5 Å². The number of hydrogen-bond acceptors (Lipinski definition) is 5. The monoisotopic (exact) mass is 655 g/mol. The summed E-state index contributed by atoms with van der Waals surface area (Å²) < 4.78 is 26.9. The third-order valence-corrected chi connectivity index (χ3v) is 10.7. The van der Waals surface area contributed by atoms with E-state index in [1.165, 1.54) is 17.0 Å². The lowest BCUT2D eigenvalue weighted by molar-refractivity contribution is -0.141. The number of fused-ring (bicyclic) bond motifs is 1. The van der Waals surface area contributed by atoms with Gasteiger partial charge < -0.3 is 10.2 Å². The predicted molar refractivity (Wildman–Crippen MR) is 170 cm³/mol. The van der Waals surface area contributed by atoms with Gasteiger partial charge in [-0.2, -0.15) is 0 Å². The van der Waals surface area contributed by atoms with Crippen molar-refractivity contribution < 1.29 is 22.8 Å². The van der Waals surface area contributed by atoms with Gasteiger partial charge >= 0.3 is 0 Å². The van der Waals surface area contributed by atoms with Gasteiger partial charge in [0, 0.05) is 42.0 Å². The van der Waals surface area contributed by atoms with Crippen LogP contribution in [0.15, 0.2) is 77.7 Å². The van der Waals surface area contributed by atoms with Crippen LogP contribution in [-0.2, 0) is 32.6 Å². The number of carbonyl (C=O) groups excluding carboxylic acids is 3. The van der Waals surface area contributed by atoms with Crippen LogP contribution < -0.4 is 5.32 Å². The highest BCUT2D eigenvalue weighted by Gasteiger charge is 2.40. The van der Waals surface area contributed by atoms with E-state index in [1.807, 2.05) is 30.3 Å². The molecule has 232 valence electrons. The molecule has 3 aromatic rings. The summed E-state index contributed by atoms with van der Waals surface area (Å²) in [6.07, 6.45) is 5.29. The third-order valence-electron chi connectivity index (χ3n) is 8.24. The first kappa shape index (κ1) is 32.0. The minimum absolute atomic E-state index is 0.0300. The molecule has 3 amide bonds. The summed E-state index contributed by atoms with van der Waals surface area (Å²) in [6.45, 7) is -0.106. The summed E-state index contributed by atoms with van der Waals surface area (Å²) in [7, 11) is -3.99. The van der Waals surface area contributed by atoms with E-state index in [0.717, 1.165) is 42.0 Å². The molecule has 1 fully saturated rings. The van der Waals surface area contributed by atoms with E-state index in [1.54, 1.807) is 30.3 Å². The van der Waals surface area contributed by atoms with Crippen molar-refractivity contribution in [1.29, 1.82) is 0 Å². The second-order valence-electron chi connectivity index (χ2n) is 11.3. The van der Waals surface area contributed by atoms with Gasteiger partial charge in [-0.25, -0.2) is 12.7 Å². The van der Waals surface area contributed by atoms with Crippen LogP contribution in [0, 0.1) is 0 Å². The Morgan fingerprint density at radius 3 is 2.36 bits per heavy atom. The zero-order valence-corrected chi connectivity index (χ0v) is 26.6. The minimum Gasteiger partial charge on any atom is -0.352 e. The highest BCUT2D eigenvalue weighted by molar-refractivity contribution is 7.90. The Morgan fingerprint density at radius 1 is 0.955 bits per heavy atom. The lowest BCUT2D eigenvalue weighted by atomic mass is 9.94. The average Bonchev–Trinajstić information content (AvgIpc) is 3.21. The van der Waals surface area contributed by atoms with Gasteiger partial charge in [-0.3, -0.25) is 14.4 Å². The highest BCUT2D eigenvalue weighted by atomic mass is 35.5. The number of sulfonamides is 1. The Morgan fingerprint density at radius 2 is 1.66 bits per heavy atom. The van der Waals surface area contributed by atoms with Crippen LogP contribution >= 0.6 is 23.2 Å². The van der Waals surface area contributed by atoms with Gasteiger partial charge in [-0.05, 0) is 54.7 Å². The van der Waals surface area contributed by atoms with E-state index in [2.05, 4.69) is 5.32 Å². The van der Waals surface area contributed by atoms with E-state index in [0.29, 0.717) is 15.6 Å². The lowest BCUT2D eigenvalue weighted by Gasteiger charge is -2.34. The smallest absolute Gasteiger partial charge is 0.269 e. The normalized spacial score (nSPS) is 16.8. The number of carbonyl (C=O) groups is 3. The minimum atomic E-state index is -3.99. The van der Waals surface area contributed by atoms with Crippen molar-refractivity contribution in [2.24, 2.45) is 0 Å². The SMILES string of the molecule is O=C(NC1CCCCC1)[C@@H](Cc1ccccc1)N(Cc1ccc(Cl)cc1Cl)C(=O)CCCN1C(=O)c2ccccc2S1(=O)=O. The fourth-order valence-electron chi connectivity index (χ4n) is 5.90. The standard InChI is InChI=1S/C33H35Cl2N3O5S/c34-25-18-17-24(28(35)21-25)22-37(29(20-23-10-3-1-4-11-23)32(40)36-26-12-5-2-6-13-26)31(39)16-9-19-38-33(41)27-14-7-8-15-30(27)44(38,42)43/h1,3-4,7-8,10-11,14-15,17-18,21,26,29H,2,5-6,9,12-13,16,19-20,22H2,(H,36,40)/t29-/m1/s1. The van der Waals surface area contributed by atoms with Gasteiger partial charge in [0.1, 0.15) is 10.9 Å². The maximum absolute atomic E-state index is 14.0. The van der Waals surface area contributed by atoms with E-state index >= 15 is 0 Å². The first-order valence-corrected chi connectivity index (χ1v) is 17.1. The molecule has 1 aliphatic carbocycles. The molecule has 1 aliphatic heterocycles. The van der Waals surface area contributed by atoms with Crippen molar-refractivity contribution in [2.75, 3.05) is 6.54 Å². The van der Waals surface area contributed by atoms with E-state index < -0.39 is 22.0 Å². The summed E-state index contributed by atoms with van der Waals surface area (Å²) in [4.78, 5) is 42.3. The van der Waals surface area contributed by atoms with Crippen LogP contribution in [0.2, 0.25) is 10.0 Å². The third kappa shape index (κ3) is 7.28. The van der Waals surface area contributed by atoms with Gasteiger partial charge in [0.25, 0.3) is 15.9 Å². The lowest BCUT2D eigenvalue weighted by Crippen LogP contribution is -2.53. The molecule has 3 aromatic carbocycles. The molecular formula is C33H35Cl2N3O5S. The number of benzene rings is 3. The Kier molecular flexibility index (Phi) is 10.3. The highest BCUT2D eigenvalue weighted by Crippen LogP contribution is 2.30.